The SMILES string of the molecule is C=CCCCCCC(O)C(C)Oc1cccc(Cl)c1. The fourth-order valence-corrected chi connectivity index (χ4v) is 2.07. The molecule has 0 spiro atoms. The molecule has 0 radical (unpaired) electrons. The van der Waals surface area contributed by atoms with Crippen LogP contribution in [0.15, 0.2) is 36.9 Å². The number of halogens is 1. The first-order valence-electron chi connectivity index (χ1n) is 6.84. The minimum Gasteiger partial charge on any atom is -0.488 e. The Bertz CT molecular complexity index is 379. The fraction of sp³-hybridized carbons (Fsp3) is 0.500. The summed E-state index contributed by atoms with van der Waals surface area (Å²) in [6, 6.07) is 7.25. The normalized spacial score (nSPS) is 13.8. The van der Waals surface area contributed by atoms with Crippen molar-refractivity contribution in [2.75, 3.05) is 0 Å². The van der Waals surface area contributed by atoms with Crippen molar-refractivity contribution in [3.05, 3.63) is 41.9 Å². The molecule has 1 rings (SSSR count). The van der Waals surface area contributed by atoms with Gasteiger partial charge >= 0.3 is 0 Å². The first-order valence-corrected chi connectivity index (χ1v) is 7.22. The molecule has 0 bridgehead atoms. The highest BCUT2D eigenvalue weighted by Gasteiger charge is 2.15. The monoisotopic (exact) mass is 282 g/mol. The summed E-state index contributed by atoms with van der Waals surface area (Å²) < 4.78 is 5.68. The molecule has 19 heavy (non-hydrogen) atoms. The topological polar surface area (TPSA) is 29.5 Å². The third kappa shape index (κ3) is 6.65. The van der Waals surface area contributed by atoms with Gasteiger partial charge < -0.3 is 9.84 Å². The Kier molecular flexibility index (Phi) is 7.61. The average Bonchev–Trinajstić information content (AvgIpc) is 2.38. The Morgan fingerprint density at radius 3 is 2.84 bits per heavy atom. The van der Waals surface area contributed by atoms with Gasteiger partial charge in [0.1, 0.15) is 11.9 Å². The lowest BCUT2D eigenvalue weighted by Crippen LogP contribution is -2.28. The number of benzene rings is 1. The third-order valence-corrected chi connectivity index (χ3v) is 3.30. The molecule has 2 unspecified atom stereocenters. The van der Waals surface area contributed by atoms with Gasteiger partial charge in [-0.05, 0) is 44.4 Å². The molecule has 2 atom stereocenters. The van der Waals surface area contributed by atoms with Gasteiger partial charge in [-0.25, -0.2) is 0 Å². The number of hydrogen-bond donors (Lipinski definition) is 1. The van der Waals surface area contributed by atoms with Gasteiger partial charge in [0.05, 0.1) is 6.10 Å². The summed E-state index contributed by atoms with van der Waals surface area (Å²) in [4.78, 5) is 0. The Balaban J connectivity index is 2.28. The molecular weight excluding hydrogens is 260 g/mol. The summed E-state index contributed by atoms with van der Waals surface area (Å²) in [6.07, 6.45) is 6.34. The lowest BCUT2D eigenvalue weighted by molar-refractivity contribution is 0.0400. The molecule has 0 aliphatic heterocycles. The van der Waals surface area contributed by atoms with E-state index >= 15 is 0 Å². The highest BCUT2D eigenvalue weighted by molar-refractivity contribution is 6.30. The van der Waals surface area contributed by atoms with Gasteiger partial charge in [0.15, 0.2) is 0 Å². The van der Waals surface area contributed by atoms with E-state index in [4.69, 9.17) is 16.3 Å². The van der Waals surface area contributed by atoms with Gasteiger partial charge in [0.25, 0.3) is 0 Å². The van der Waals surface area contributed by atoms with E-state index in [9.17, 15) is 5.11 Å². The maximum Gasteiger partial charge on any atom is 0.122 e. The van der Waals surface area contributed by atoms with Crippen molar-refractivity contribution in [3.8, 4) is 5.75 Å². The van der Waals surface area contributed by atoms with Gasteiger partial charge in [-0.3, -0.25) is 0 Å². The van der Waals surface area contributed by atoms with E-state index < -0.39 is 6.10 Å². The van der Waals surface area contributed by atoms with Crippen molar-refractivity contribution in [1.29, 1.82) is 0 Å². The second kappa shape index (κ2) is 9.00. The number of unbranched alkanes of at least 4 members (excludes halogenated alkanes) is 3. The van der Waals surface area contributed by atoms with Crippen LogP contribution in [0.3, 0.4) is 0 Å². The maximum absolute atomic E-state index is 10.0. The summed E-state index contributed by atoms with van der Waals surface area (Å²) in [5.74, 6) is 0.700. The molecule has 1 N–H and O–H groups in total. The molecule has 0 saturated carbocycles. The molecule has 0 amide bonds. The average molecular weight is 283 g/mol. The Morgan fingerprint density at radius 1 is 1.37 bits per heavy atom. The lowest BCUT2D eigenvalue weighted by atomic mass is 10.1. The zero-order chi connectivity index (χ0) is 14.1. The highest BCUT2D eigenvalue weighted by atomic mass is 35.5. The van der Waals surface area contributed by atoms with Crippen LogP contribution in [0.25, 0.3) is 0 Å². The van der Waals surface area contributed by atoms with Crippen molar-refractivity contribution in [1.82, 2.24) is 0 Å². The molecule has 0 aliphatic carbocycles. The van der Waals surface area contributed by atoms with E-state index in [0.717, 1.165) is 32.1 Å². The Labute approximate surface area is 121 Å². The predicted molar refractivity (Wildman–Crippen MR) is 80.8 cm³/mol. The second-order valence-electron chi connectivity index (χ2n) is 4.77. The van der Waals surface area contributed by atoms with E-state index in [0.29, 0.717) is 10.8 Å². The van der Waals surface area contributed by atoms with Crippen LogP contribution >= 0.6 is 11.6 Å². The first kappa shape index (κ1) is 16.1. The molecular formula is C16H23ClO2. The van der Waals surface area contributed by atoms with Crippen LogP contribution in [-0.2, 0) is 0 Å². The van der Waals surface area contributed by atoms with Crippen molar-refractivity contribution in [2.45, 2.75) is 51.2 Å². The fourth-order valence-electron chi connectivity index (χ4n) is 1.89. The van der Waals surface area contributed by atoms with Gasteiger partial charge in [-0.1, -0.05) is 36.6 Å². The smallest absolute Gasteiger partial charge is 0.122 e. The van der Waals surface area contributed by atoms with Crippen LogP contribution in [0.5, 0.6) is 5.75 Å². The van der Waals surface area contributed by atoms with E-state index in [1.54, 1.807) is 12.1 Å². The molecule has 0 aromatic heterocycles. The van der Waals surface area contributed by atoms with E-state index in [2.05, 4.69) is 6.58 Å². The van der Waals surface area contributed by atoms with Crippen LogP contribution < -0.4 is 4.74 Å². The molecule has 0 fully saturated rings. The predicted octanol–water partition coefficient (Wildman–Crippen LogP) is 4.60. The van der Waals surface area contributed by atoms with Gasteiger partial charge in [-0.2, -0.15) is 0 Å². The second-order valence-corrected chi connectivity index (χ2v) is 5.21. The zero-order valence-electron chi connectivity index (χ0n) is 11.5. The quantitative estimate of drug-likeness (QED) is 0.530. The summed E-state index contributed by atoms with van der Waals surface area (Å²) in [6.45, 7) is 5.58. The number of rotatable bonds is 9. The number of ether oxygens (including phenoxy) is 1. The van der Waals surface area contributed by atoms with E-state index in [1.807, 2.05) is 25.1 Å². The molecule has 1 aromatic rings. The zero-order valence-corrected chi connectivity index (χ0v) is 12.3. The summed E-state index contributed by atoms with van der Waals surface area (Å²) in [5.41, 5.74) is 0. The third-order valence-electron chi connectivity index (χ3n) is 3.07. The van der Waals surface area contributed by atoms with Gasteiger partial charge in [-0.15, -0.1) is 6.58 Å². The first-order chi connectivity index (χ1) is 9.13. The molecule has 0 saturated heterocycles. The van der Waals surface area contributed by atoms with Crippen LogP contribution in [0.4, 0.5) is 0 Å². The molecule has 106 valence electrons. The van der Waals surface area contributed by atoms with Gasteiger partial charge in [0.2, 0.25) is 0 Å². The van der Waals surface area contributed by atoms with Crippen molar-refractivity contribution >= 4 is 11.6 Å². The highest BCUT2D eigenvalue weighted by Crippen LogP contribution is 2.20. The number of allylic oxidation sites excluding steroid dienone is 1. The molecule has 3 heteroatoms. The van der Waals surface area contributed by atoms with Crippen LogP contribution in [0.2, 0.25) is 5.02 Å². The van der Waals surface area contributed by atoms with E-state index in [1.165, 1.54) is 0 Å². The number of hydrogen-bond acceptors (Lipinski definition) is 2. The molecule has 0 aliphatic rings. The molecule has 1 aromatic carbocycles. The minimum absolute atomic E-state index is 0.224. The number of aliphatic hydroxyl groups excluding tert-OH is 1. The van der Waals surface area contributed by atoms with Crippen LogP contribution in [0.1, 0.15) is 39.0 Å². The van der Waals surface area contributed by atoms with Crippen molar-refractivity contribution in [3.63, 3.8) is 0 Å². The summed E-state index contributed by atoms with van der Waals surface area (Å²) in [5, 5.41) is 10.7. The summed E-state index contributed by atoms with van der Waals surface area (Å²) >= 11 is 5.89. The van der Waals surface area contributed by atoms with Crippen molar-refractivity contribution in [2.24, 2.45) is 0 Å². The lowest BCUT2D eigenvalue weighted by Gasteiger charge is -2.20. The summed E-state index contributed by atoms with van der Waals surface area (Å²) in [7, 11) is 0. The van der Waals surface area contributed by atoms with E-state index in [-0.39, 0.29) is 6.10 Å². The number of aliphatic hydroxyl groups is 1. The Morgan fingerprint density at radius 2 is 2.16 bits per heavy atom. The van der Waals surface area contributed by atoms with Crippen LogP contribution in [0, 0.1) is 0 Å². The van der Waals surface area contributed by atoms with Crippen LogP contribution in [-0.4, -0.2) is 17.3 Å². The molecule has 2 nitrogen and oxygen atoms in total. The van der Waals surface area contributed by atoms with Gasteiger partial charge in [0, 0.05) is 5.02 Å². The minimum atomic E-state index is -0.442. The maximum atomic E-state index is 10.0. The standard InChI is InChI=1S/C16H23ClO2/c1-3-4-5-6-7-11-16(18)13(2)19-15-10-8-9-14(17)12-15/h3,8-10,12-13,16,18H,1,4-7,11H2,2H3. The largest absolute Gasteiger partial charge is 0.488 e. The molecule has 0 heterocycles. The Hall–Kier alpha value is -0.990. The van der Waals surface area contributed by atoms with Crippen molar-refractivity contribution < 1.29 is 9.84 Å².